The molecular weight excluding hydrogens is 318 g/mol. The molecule has 1 N–H and O–H groups in total. The molecule has 3 rings (SSSR count). The topological polar surface area (TPSA) is 81.0 Å². The van der Waals surface area contributed by atoms with Crippen molar-refractivity contribution in [2.45, 2.75) is 40.5 Å². The highest BCUT2D eigenvalue weighted by Crippen LogP contribution is 2.32. The third-order valence-electron chi connectivity index (χ3n) is 3.73. The fourth-order valence-corrected chi connectivity index (χ4v) is 2.47. The van der Waals surface area contributed by atoms with Gasteiger partial charge in [0.1, 0.15) is 11.6 Å². The smallest absolute Gasteiger partial charge is 0.258 e. The number of rotatable bonds is 5. The number of oxazole rings is 1. The second-order valence-corrected chi connectivity index (χ2v) is 5.88. The monoisotopic (exact) mass is 343 g/mol. The molecule has 0 aliphatic heterocycles. The van der Waals surface area contributed by atoms with E-state index in [1.165, 1.54) is 6.39 Å². The lowest BCUT2D eigenvalue weighted by atomic mass is 10.1. The van der Waals surface area contributed by atoms with Crippen LogP contribution in [0.1, 0.15) is 39.9 Å². The van der Waals surface area contributed by atoms with Crippen LogP contribution in [0.25, 0.3) is 22.2 Å². The number of nitrogens with zero attached hydrogens (tertiary/aromatic N) is 2. The van der Waals surface area contributed by atoms with Gasteiger partial charge < -0.3 is 14.1 Å². The molecular formula is C19H25N3O3. The fourth-order valence-electron chi connectivity index (χ4n) is 2.47. The molecule has 0 aliphatic carbocycles. The van der Waals surface area contributed by atoms with Gasteiger partial charge in [-0.3, -0.25) is 4.79 Å². The summed E-state index contributed by atoms with van der Waals surface area (Å²) in [6.45, 7) is 8.29. The molecule has 134 valence electrons. The maximum absolute atomic E-state index is 12.4. The van der Waals surface area contributed by atoms with E-state index in [0.717, 1.165) is 12.8 Å². The van der Waals surface area contributed by atoms with Crippen molar-refractivity contribution in [1.29, 1.82) is 0 Å². The Morgan fingerprint density at radius 2 is 2.04 bits per heavy atom. The van der Waals surface area contributed by atoms with Gasteiger partial charge in [0, 0.05) is 12.5 Å². The molecule has 0 bridgehead atoms. The van der Waals surface area contributed by atoms with Crippen LogP contribution in [0.15, 0.2) is 33.9 Å². The summed E-state index contributed by atoms with van der Waals surface area (Å²) in [5.41, 5.74) is 1.14. The fraction of sp³-hybridized carbons (Fsp3) is 0.421. The molecule has 0 saturated carbocycles. The van der Waals surface area contributed by atoms with Gasteiger partial charge in [0.15, 0.2) is 12.2 Å². The van der Waals surface area contributed by atoms with Crippen LogP contribution in [0.2, 0.25) is 0 Å². The largest absolute Gasteiger partial charge is 0.496 e. The molecule has 25 heavy (non-hydrogen) atoms. The van der Waals surface area contributed by atoms with Crippen LogP contribution in [0.3, 0.4) is 0 Å². The third kappa shape index (κ3) is 4.26. The van der Waals surface area contributed by atoms with Crippen LogP contribution >= 0.6 is 0 Å². The van der Waals surface area contributed by atoms with Gasteiger partial charge in [-0.25, -0.2) is 9.97 Å². The summed E-state index contributed by atoms with van der Waals surface area (Å²) in [6, 6.07) is 3.49. The number of aromatic amines is 1. The molecule has 0 fully saturated rings. The van der Waals surface area contributed by atoms with Crippen molar-refractivity contribution in [3.63, 3.8) is 0 Å². The lowest BCUT2D eigenvalue weighted by Crippen LogP contribution is -2.13. The molecule has 0 aliphatic rings. The summed E-state index contributed by atoms with van der Waals surface area (Å²) < 4.78 is 10.7. The molecule has 0 saturated heterocycles. The van der Waals surface area contributed by atoms with Crippen LogP contribution in [0, 0.1) is 5.92 Å². The van der Waals surface area contributed by atoms with Crippen LogP contribution in [-0.2, 0) is 6.42 Å². The maximum Gasteiger partial charge on any atom is 0.258 e. The minimum absolute atomic E-state index is 0.155. The summed E-state index contributed by atoms with van der Waals surface area (Å²) in [7, 11) is 1.58. The minimum Gasteiger partial charge on any atom is -0.496 e. The summed E-state index contributed by atoms with van der Waals surface area (Å²) in [5.74, 6) is 2.40. The molecule has 0 unspecified atom stereocenters. The van der Waals surface area contributed by atoms with E-state index in [1.54, 1.807) is 25.4 Å². The number of fused-ring (bicyclic) bond motifs is 1. The maximum atomic E-state index is 12.4. The first-order valence-electron chi connectivity index (χ1n) is 8.58. The average molecular weight is 343 g/mol. The predicted molar refractivity (Wildman–Crippen MR) is 98.9 cm³/mol. The second kappa shape index (κ2) is 8.46. The van der Waals surface area contributed by atoms with Crippen LogP contribution in [0.5, 0.6) is 5.75 Å². The van der Waals surface area contributed by atoms with E-state index in [1.807, 2.05) is 13.8 Å². The molecule has 2 heterocycles. The lowest BCUT2D eigenvalue weighted by molar-refractivity contribution is 0.415. The van der Waals surface area contributed by atoms with Crippen molar-refractivity contribution in [2.24, 2.45) is 5.92 Å². The standard InChI is InChI=1S/C17H19N3O3.C2H6/c1-10(2)4-5-16-19-13-7-14(22-3)12(15-8-18-9-23-15)6-11(13)17(21)20-16;1-2/h6-10H,4-5H2,1-3H3,(H,19,20,21);1-2H3. The Hall–Kier alpha value is -2.63. The Morgan fingerprint density at radius 3 is 2.64 bits per heavy atom. The van der Waals surface area contributed by atoms with Crippen LogP contribution in [-0.4, -0.2) is 22.1 Å². The number of aryl methyl sites for hydroxylation is 1. The summed E-state index contributed by atoms with van der Waals surface area (Å²) in [6.07, 6.45) is 4.65. The number of ether oxygens (including phenoxy) is 1. The zero-order valence-electron chi connectivity index (χ0n) is 15.4. The molecule has 3 aromatic rings. The molecule has 6 nitrogen and oxygen atoms in total. The van der Waals surface area contributed by atoms with Crippen molar-refractivity contribution in [3.05, 3.63) is 40.9 Å². The van der Waals surface area contributed by atoms with Crippen molar-refractivity contribution >= 4 is 10.9 Å². The van der Waals surface area contributed by atoms with E-state index in [-0.39, 0.29) is 5.56 Å². The molecule has 6 heteroatoms. The zero-order valence-corrected chi connectivity index (χ0v) is 15.4. The van der Waals surface area contributed by atoms with E-state index >= 15 is 0 Å². The first kappa shape index (κ1) is 18.7. The summed E-state index contributed by atoms with van der Waals surface area (Å²) >= 11 is 0. The molecule has 0 amide bonds. The molecule has 2 aromatic heterocycles. The number of methoxy groups -OCH3 is 1. The minimum atomic E-state index is -0.155. The summed E-state index contributed by atoms with van der Waals surface area (Å²) in [4.78, 5) is 23.7. The Bertz CT molecular complexity index is 867. The normalized spacial score (nSPS) is 10.6. The Labute approximate surface area is 147 Å². The lowest BCUT2D eigenvalue weighted by Gasteiger charge is -2.09. The van der Waals surface area contributed by atoms with Crippen molar-refractivity contribution in [1.82, 2.24) is 15.0 Å². The third-order valence-corrected chi connectivity index (χ3v) is 3.73. The average Bonchev–Trinajstić information content (AvgIpc) is 3.15. The molecule has 1 aromatic carbocycles. The van der Waals surface area contributed by atoms with Gasteiger partial charge in [0.2, 0.25) is 0 Å². The number of H-pyrrole nitrogens is 1. The van der Waals surface area contributed by atoms with Crippen molar-refractivity contribution in [3.8, 4) is 17.1 Å². The highest BCUT2D eigenvalue weighted by molar-refractivity contribution is 5.86. The van der Waals surface area contributed by atoms with Gasteiger partial charge in [-0.1, -0.05) is 27.7 Å². The zero-order chi connectivity index (χ0) is 18.4. The SMILES string of the molecule is CC.COc1cc2nc(CCC(C)C)[nH]c(=O)c2cc1-c1cnco1. The van der Waals surface area contributed by atoms with Gasteiger partial charge >= 0.3 is 0 Å². The Morgan fingerprint density at radius 1 is 1.28 bits per heavy atom. The second-order valence-electron chi connectivity index (χ2n) is 5.88. The van der Waals surface area contributed by atoms with Crippen LogP contribution in [0.4, 0.5) is 0 Å². The van der Waals surface area contributed by atoms with Crippen LogP contribution < -0.4 is 10.3 Å². The van der Waals surface area contributed by atoms with Gasteiger partial charge in [-0.15, -0.1) is 0 Å². The summed E-state index contributed by atoms with van der Waals surface area (Å²) in [5, 5.41) is 0.505. The van der Waals surface area contributed by atoms with E-state index in [4.69, 9.17) is 9.15 Å². The number of aromatic nitrogens is 3. The number of hydrogen-bond donors (Lipinski definition) is 1. The molecule has 0 atom stereocenters. The van der Waals surface area contributed by atoms with Crippen molar-refractivity contribution < 1.29 is 9.15 Å². The van der Waals surface area contributed by atoms with E-state index < -0.39 is 0 Å². The Kier molecular flexibility index (Phi) is 6.33. The predicted octanol–water partition coefficient (Wildman–Crippen LogP) is 4.20. The first-order valence-corrected chi connectivity index (χ1v) is 8.58. The number of hydrogen-bond acceptors (Lipinski definition) is 5. The van der Waals surface area contributed by atoms with Gasteiger partial charge in [-0.2, -0.15) is 0 Å². The number of nitrogens with one attached hydrogen (secondary N) is 1. The molecule has 0 radical (unpaired) electrons. The van der Waals surface area contributed by atoms with Gasteiger partial charge in [0.25, 0.3) is 5.56 Å². The van der Waals surface area contributed by atoms with E-state index in [0.29, 0.717) is 39.7 Å². The number of benzene rings is 1. The van der Waals surface area contributed by atoms with E-state index in [2.05, 4.69) is 28.8 Å². The highest BCUT2D eigenvalue weighted by atomic mass is 16.5. The van der Waals surface area contributed by atoms with Gasteiger partial charge in [-0.05, 0) is 18.4 Å². The highest BCUT2D eigenvalue weighted by Gasteiger charge is 2.14. The Balaban J connectivity index is 0.00000109. The van der Waals surface area contributed by atoms with Gasteiger partial charge in [0.05, 0.1) is 29.8 Å². The first-order chi connectivity index (χ1) is 12.1. The quantitative estimate of drug-likeness (QED) is 0.751. The van der Waals surface area contributed by atoms with E-state index in [9.17, 15) is 4.79 Å². The van der Waals surface area contributed by atoms with Crippen molar-refractivity contribution in [2.75, 3.05) is 7.11 Å². The molecule has 0 spiro atoms.